The molecule has 0 aromatic heterocycles. The Hall–Kier alpha value is -0.353. The van der Waals surface area contributed by atoms with Crippen molar-refractivity contribution >= 4 is 14.3 Å². The van der Waals surface area contributed by atoms with Gasteiger partial charge in [0.15, 0.2) is 8.32 Å². The fourth-order valence-electron chi connectivity index (χ4n) is 4.04. The summed E-state index contributed by atoms with van der Waals surface area (Å²) in [4.78, 5) is 12.2. The van der Waals surface area contributed by atoms with E-state index in [1.807, 2.05) is 0 Å². The van der Waals surface area contributed by atoms with Gasteiger partial charge in [0.2, 0.25) is 0 Å². The Bertz CT molecular complexity index is 426. The van der Waals surface area contributed by atoms with Crippen LogP contribution in [0, 0.1) is 11.3 Å². The molecule has 2 rings (SSSR count). The number of hydrogen-bond acceptors (Lipinski definition) is 3. The van der Waals surface area contributed by atoms with Crippen LogP contribution >= 0.6 is 0 Å². The monoisotopic (exact) mass is 312 g/mol. The molecule has 0 radical (unpaired) electrons. The van der Waals surface area contributed by atoms with E-state index in [0.717, 1.165) is 19.3 Å². The average Bonchev–Trinajstić information content (AvgIpc) is 2.35. The van der Waals surface area contributed by atoms with Crippen LogP contribution in [0.2, 0.25) is 18.1 Å². The van der Waals surface area contributed by atoms with Gasteiger partial charge in [-0.05, 0) is 42.8 Å². The smallest absolute Gasteiger partial charge is 0.311 e. The summed E-state index contributed by atoms with van der Waals surface area (Å²) in [5, 5.41) is 0.163. The Labute approximate surface area is 130 Å². The van der Waals surface area contributed by atoms with Crippen molar-refractivity contribution in [2.75, 3.05) is 7.11 Å². The zero-order valence-electron chi connectivity index (χ0n) is 14.8. The molecule has 0 N–H and O–H groups in total. The fraction of sp³-hybridized carbons (Fsp3) is 0.941. The van der Waals surface area contributed by atoms with E-state index in [2.05, 4.69) is 40.8 Å². The van der Waals surface area contributed by atoms with Crippen LogP contribution < -0.4 is 0 Å². The summed E-state index contributed by atoms with van der Waals surface area (Å²) in [6.45, 7) is 13.7. The Kier molecular flexibility index (Phi) is 4.12. The minimum absolute atomic E-state index is 0.0677. The van der Waals surface area contributed by atoms with E-state index in [-0.39, 0.29) is 27.9 Å². The van der Waals surface area contributed by atoms with Gasteiger partial charge >= 0.3 is 5.97 Å². The molecule has 0 aromatic carbocycles. The lowest BCUT2D eigenvalue weighted by Crippen LogP contribution is -2.71. The van der Waals surface area contributed by atoms with Gasteiger partial charge in [0.05, 0.1) is 18.6 Å². The SMILES string of the molecule is COC(=O)[C@@H]1CC2(C)CCCCC12O[Si](C)(C)C(C)(C)C. The molecule has 2 fully saturated rings. The zero-order valence-corrected chi connectivity index (χ0v) is 15.8. The van der Waals surface area contributed by atoms with Crippen LogP contribution in [0.5, 0.6) is 0 Å². The molecular formula is C17H32O3Si. The molecule has 0 spiro atoms. The maximum Gasteiger partial charge on any atom is 0.311 e. The average molecular weight is 313 g/mol. The number of fused-ring (bicyclic) bond motifs is 1. The number of carbonyl (C=O) groups is 1. The number of hydrogen-bond donors (Lipinski definition) is 0. The van der Waals surface area contributed by atoms with Crippen molar-refractivity contribution in [3.8, 4) is 0 Å². The lowest BCUT2D eigenvalue weighted by molar-refractivity contribution is -0.228. The highest BCUT2D eigenvalue weighted by atomic mass is 28.4. The van der Waals surface area contributed by atoms with Gasteiger partial charge in [-0.3, -0.25) is 4.79 Å². The third kappa shape index (κ3) is 2.48. The van der Waals surface area contributed by atoms with Gasteiger partial charge in [-0.2, -0.15) is 0 Å². The van der Waals surface area contributed by atoms with Crippen LogP contribution in [0.15, 0.2) is 0 Å². The number of ether oxygens (including phenoxy) is 1. The number of esters is 1. The summed E-state index contributed by atoms with van der Waals surface area (Å²) in [7, 11) is -0.410. The summed E-state index contributed by atoms with van der Waals surface area (Å²) >= 11 is 0. The number of methoxy groups -OCH3 is 1. The van der Waals surface area contributed by atoms with Crippen LogP contribution in [-0.2, 0) is 14.0 Å². The van der Waals surface area contributed by atoms with Crippen molar-refractivity contribution in [2.24, 2.45) is 11.3 Å². The van der Waals surface area contributed by atoms with E-state index in [0.29, 0.717) is 0 Å². The van der Waals surface area contributed by atoms with Crippen LogP contribution in [0.25, 0.3) is 0 Å². The first-order valence-corrected chi connectivity index (χ1v) is 11.2. The second-order valence-corrected chi connectivity index (χ2v) is 13.5. The van der Waals surface area contributed by atoms with Crippen molar-refractivity contribution in [3.63, 3.8) is 0 Å². The minimum Gasteiger partial charge on any atom is -0.469 e. The molecule has 3 nitrogen and oxygen atoms in total. The normalized spacial score (nSPS) is 36.6. The van der Waals surface area contributed by atoms with Crippen LogP contribution in [0.3, 0.4) is 0 Å². The van der Waals surface area contributed by atoms with E-state index in [4.69, 9.17) is 9.16 Å². The second kappa shape index (κ2) is 5.09. The minimum atomic E-state index is -1.91. The standard InChI is InChI=1S/C17H32O3Si/c1-15(2,3)21(6,7)20-17-11-9-8-10-16(17,4)12-13(17)14(18)19-5/h13H,8-12H2,1-7H3/t13-,16?,17?/m0/s1. The molecule has 0 heterocycles. The van der Waals surface area contributed by atoms with Crippen molar-refractivity contribution < 1.29 is 14.0 Å². The number of rotatable bonds is 3. The maximum absolute atomic E-state index is 12.2. The Morgan fingerprint density at radius 2 is 1.76 bits per heavy atom. The first-order chi connectivity index (χ1) is 9.49. The highest BCUT2D eigenvalue weighted by Gasteiger charge is 2.68. The summed E-state index contributed by atoms with van der Waals surface area (Å²) in [6, 6.07) is 0. The van der Waals surface area contributed by atoms with E-state index in [9.17, 15) is 4.79 Å². The largest absolute Gasteiger partial charge is 0.469 e. The van der Waals surface area contributed by atoms with Crippen molar-refractivity contribution in [2.45, 2.75) is 83.5 Å². The third-order valence-electron chi connectivity index (χ3n) is 6.50. The number of carbonyl (C=O) groups excluding carboxylic acids is 1. The van der Waals surface area contributed by atoms with Gasteiger partial charge in [-0.1, -0.05) is 40.5 Å². The predicted molar refractivity (Wildman–Crippen MR) is 87.7 cm³/mol. The zero-order chi connectivity index (χ0) is 16.1. The highest BCUT2D eigenvalue weighted by Crippen LogP contribution is 2.65. The Balaban J connectivity index is 2.35. The van der Waals surface area contributed by atoms with Crippen LogP contribution in [0.1, 0.15) is 59.8 Å². The van der Waals surface area contributed by atoms with Gasteiger partial charge in [0, 0.05) is 0 Å². The fourth-order valence-corrected chi connectivity index (χ4v) is 5.75. The molecule has 0 amide bonds. The summed E-state index contributed by atoms with van der Waals surface area (Å²) in [5.74, 6) is -0.144. The van der Waals surface area contributed by atoms with Crippen molar-refractivity contribution in [1.29, 1.82) is 0 Å². The van der Waals surface area contributed by atoms with E-state index in [1.54, 1.807) is 0 Å². The van der Waals surface area contributed by atoms with Gasteiger partial charge in [0.25, 0.3) is 0 Å². The molecule has 2 saturated carbocycles. The Morgan fingerprint density at radius 3 is 2.24 bits per heavy atom. The van der Waals surface area contributed by atoms with Gasteiger partial charge < -0.3 is 9.16 Å². The summed E-state index contributed by atoms with van der Waals surface area (Å²) in [5.41, 5.74) is -0.124. The van der Waals surface area contributed by atoms with Gasteiger partial charge in [-0.25, -0.2) is 0 Å². The van der Waals surface area contributed by atoms with Gasteiger partial charge in [0.1, 0.15) is 0 Å². The maximum atomic E-state index is 12.2. The van der Waals surface area contributed by atoms with Crippen molar-refractivity contribution in [3.05, 3.63) is 0 Å². The molecule has 21 heavy (non-hydrogen) atoms. The molecule has 0 bridgehead atoms. The van der Waals surface area contributed by atoms with E-state index < -0.39 is 8.32 Å². The highest BCUT2D eigenvalue weighted by molar-refractivity contribution is 6.74. The molecule has 2 aliphatic carbocycles. The molecule has 122 valence electrons. The topological polar surface area (TPSA) is 35.5 Å². The van der Waals surface area contributed by atoms with Crippen molar-refractivity contribution in [1.82, 2.24) is 0 Å². The van der Waals surface area contributed by atoms with E-state index in [1.165, 1.54) is 20.0 Å². The van der Waals surface area contributed by atoms with Crippen LogP contribution in [0.4, 0.5) is 0 Å². The predicted octanol–water partition coefficient (Wildman–Crippen LogP) is 4.52. The second-order valence-electron chi connectivity index (χ2n) is 8.80. The quantitative estimate of drug-likeness (QED) is 0.568. The van der Waals surface area contributed by atoms with Crippen LogP contribution in [-0.4, -0.2) is 27.0 Å². The van der Waals surface area contributed by atoms with E-state index >= 15 is 0 Å². The molecule has 3 atom stereocenters. The Morgan fingerprint density at radius 1 is 1.19 bits per heavy atom. The molecule has 0 saturated heterocycles. The first-order valence-electron chi connectivity index (χ1n) is 8.27. The molecule has 0 aliphatic heterocycles. The molecule has 4 heteroatoms. The lowest BCUT2D eigenvalue weighted by Gasteiger charge is -2.66. The van der Waals surface area contributed by atoms with Gasteiger partial charge in [-0.15, -0.1) is 0 Å². The third-order valence-corrected chi connectivity index (χ3v) is 11.0. The molecule has 2 unspecified atom stereocenters. The summed E-state index contributed by atoms with van der Waals surface area (Å²) < 4.78 is 12.0. The molecule has 0 aromatic rings. The summed E-state index contributed by atoms with van der Waals surface area (Å²) in [6.07, 6.45) is 5.53. The first kappa shape index (κ1) is 17.0. The molecular weight excluding hydrogens is 280 g/mol. The molecule has 2 aliphatic rings. The lowest BCUT2D eigenvalue weighted by atomic mass is 9.46.